The van der Waals surface area contributed by atoms with E-state index in [1.807, 2.05) is 41.3 Å². The third-order valence-corrected chi connectivity index (χ3v) is 5.56. The van der Waals surface area contributed by atoms with Gasteiger partial charge in [0, 0.05) is 57.7 Å². The molecule has 1 heterocycles. The molecule has 0 spiro atoms. The smallest absolute Gasteiger partial charge is 0.251 e. The number of rotatable bonds is 10. The van der Waals surface area contributed by atoms with Crippen LogP contribution >= 0.6 is 24.0 Å². The Labute approximate surface area is 213 Å². The Morgan fingerprint density at radius 2 is 1.67 bits per heavy atom. The van der Waals surface area contributed by atoms with Gasteiger partial charge in [0.25, 0.3) is 5.91 Å². The second kappa shape index (κ2) is 14.5. The van der Waals surface area contributed by atoms with Crippen molar-refractivity contribution in [3.05, 3.63) is 71.8 Å². The number of carbonyl (C=O) groups excluding carboxylic acids is 2. The molecule has 1 atom stereocenters. The maximum atomic E-state index is 12.3. The van der Waals surface area contributed by atoms with Gasteiger partial charge in [-0.25, -0.2) is 0 Å². The van der Waals surface area contributed by atoms with E-state index < -0.39 is 0 Å². The van der Waals surface area contributed by atoms with Gasteiger partial charge in [-0.2, -0.15) is 0 Å². The topological polar surface area (TPSA) is 85.8 Å². The first-order chi connectivity index (χ1) is 15.7. The minimum Gasteiger partial charge on any atom is -0.356 e. The lowest BCUT2D eigenvalue weighted by Gasteiger charge is -2.18. The fourth-order valence-electron chi connectivity index (χ4n) is 3.77. The van der Waals surface area contributed by atoms with Gasteiger partial charge in [-0.1, -0.05) is 48.5 Å². The molecule has 1 aliphatic rings. The highest BCUT2D eigenvalue weighted by molar-refractivity contribution is 14.0. The van der Waals surface area contributed by atoms with Crippen LogP contribution in [0, 0.1) is 5.92 Å². The molecule has 0 bridgehead atoms. The van der Waals surface area contributed by atoms with Crippen molar-refractivity contribution in [1.82, 2.24) is 20.9 Å². The highest BCUT2D eigenvalue weighted by Crippen LogP contribution is 2.17. The van der Waals surface area contributed by atoms with Crippen molar-refractivity contribution in [3.8, 4) is 0 Å². The molecular weight excluding hydrogens is 529 g/mol. The van der Waals surface area contributed by atoms with E-state index >= 15 is 0 Å². The number of benzene rings is 2. The monoisotopic (exact) mass is 563 g/mol. The van der Waals surface area contributed by atoms with Crippen molar-refractivity contribution in [3.63, 3.8) is 0 Å². The van der Waals surface area contributed by atoms with Crippen LogP contribution in [0.1, 0.15) is 28.8 Å². The number of nitrogens with zero attached hydrogens (tertiary/aromatic N) is 2. The van der Waals surface area contributed by atoms with Crippen LogP contribution in [-0.4, -0.2) is 62.4 Å². The van der Waals surface area contributed by atoms with Crippen LogP contribution in [0.25, 0.3) is 0 Å². The lowest BCUT2D eigenvalue weighted by molar-refractivity contribution is -0.127. The van der Waals surface area contributed by atoms with Crippen LogP contribution in [0.2, 0.25) is 0 Å². The van der Waals surface area contributed by atoms with Crippen molar-refractivity contribution in [2.45, 2.75) is 19.3 Å². The van der Waals surface area contributed by atoms with Crippen molar-refractivity contribution in [2.75, 3.05) is 39.8 Å². The molecule has 1 unspecified atom stereocenters. The average Bonchev–Trinajstić information content (AvgIpc) is 3.19. The molecule has 1 fully saturated rings. The maximum absolute atomic E-state index is 12.3. The Kier molecular flexibility index (Phi) is 11.7. The quantitative estimate of drug-likeness (QED) is 0.180. The number of likely N-dealkylation sites (tertiary alicyclic amines) is 1. The molecule has 33 heavy (non-hydrogen) atoms. The fourth-order valence-corrected chi connectivity index (χ4v) is 3.77. The van der Waals surface area contributed by atoms with Crippen molar-refractivity contribution in [1.29, 1.82) is 0 Å². The highest BCUT2D eigenvalue weighted by Gasteiger charge is 2.29. The van der Waals surface area contributed by atoms with E-state index in [1.165, 1.54) is 5.56 Å². The molecule has 1 saturated heterocycles. The highest BCUT2D eigenvalue weighted by atomic mass is 127. The van der Waals surface area contributed by atoms with Crippen molar-refractivity contribution >= 4 is 41.8 Å². The molecule has 0 saturated carbocycles. The predicted octanol–water partition coefficient (Wildman–Crippen LogP) is 2.68. The molecule has 8 heteroatoms. The van der Waals surface area contributed by atoms with Gasteiger partial charge in [0.15, 0.2) is 5.96 Å². The van der Waals surface area contributed by atoms with Crippen LogP contribution in [0.4, 0.5) is 0 Å². The summed E-state index contributed by atoms with van der Waals surface area (Å²) in [6.45, 7) is 3.53. The first-order valence-corrected chi connectivity index (χ1v) is 11.2. The molecule has 1 aliphatic heterocycles. The second-order valence-corrected chi connectivity index (χ2v) is 8.00. The molecule has 3 rings (SSSR count). The number of carbonyl (C=O) groups is 2. The summed E-state index contributed by atoms with van der Waals surface area (Å²) < 4.78 is 0. The first-order valence-electron chi connectivity index (χ1n) is 11.2. The van der Waals surface area contributed by atoms with Gasteiger partial charge >= 0.3 is 0 Å². The third kappa shape index (κ3) is 9.03. The van der Waals surface area contributed by atoms with Gasteiger partial charge in [-0.05, 0) is 30.5 Å². The predicted molar refractivity (Wildman–Crippen MR) is 143 cm³/mol. The summed E-state index contributed by atoms with van der Waals surface area (Å²) in [5.41, 5.74) is 1.92. The standard InChI is InChI=1S/C25H33N5O2.HI/c1-26-25(28-15-8-14-27-24(32)22-11-6-3-7-12-22)29-18-21-17-23(31)30(19-21)16-13-20-9-4-2-5-10-20;/h2-7,9-12,21H,8,13-19H2,1H3,(H,27,32)(H2,26,28,29);1H. The minimum atomic E-state index is -0.0594. The zero-order valence-electron chi connectivity index (χ0n) is 19.1. The summed E-state index contributed by atoms with van der Waals surface area (Å²) in [6.07, 6.45) is 2.25. The Morgan fingerprint density at radius 3 is 2.36 bits per heavy atom. The molecule has 2 aromatic carbocycles. The van der Waals surface area contributed by atoms with Gasteiger partial charge in [0.2, 0.25) is 5.91 Å². The maximum Gasteiger partial charge on any atom is 0.251 e. The summed E-state index contributed by atoms with van der Waals surface area (Å²) >= 11 is 0. The summed E-state index contributed by atoms with van der Waals surface area (Å²) in [4.78, 5) is 30.6. The van der Waals surface area contributed by atoms with E-state index in [-0.39, 0.29) is 41.7 Å². The van der Waals surface area contributed by atoms with Crippen molar-refractivity contribution < 1.29 is 9.59 Å². The van der Waals surface area contributed by atoms with E-state index in [1.54, 1.807) is 19.2 Å². The third-order valence-electron chi connectivity index (χ3n) is 5.56. The summed E-state index contributed by atoms with van der Waals surface area (Å²) in [7, 11) is 1.73. The van der Waals surface area contributed by atoms with Crippen LogP contribution < -0.4 is 16.0 Å². The largest absolute Gasteiger partial charge is 0.356 e. The molecule has 0 aliphatic carbocycles. The van der Waals surface area contributed by atoms with Crippen LogP contribution in [0.3, 0.4) is 0 Å². The molecule has 7 nitrogen and oxygen atoms in total. The minimum absolute atomic E-state index is 0. The number of amides is 2. The Hall–Kier alpha value is -2.62. The Balaban J connectivity index is 0.00000385. The number of nitrogens with one attached hydrogen (secondary N) is 3. The van der Waals surface area contributed by atoms with Crippen LogP contribution in [0.15, 0.2) is 65.7 Å². The van der Waals surface area contributed by atoms with Gasteiger partial charge < -0.3 is 20.9 Å². The lowest BCUT2D eigenvalue weighted by atomic mass is 10.1. The van der Waals surface area contributed by atoms with Gasteiger partial charge in [0.1, 0.15) is 0 Å². The zero-order chi connectivity index (χ0) is 22.6. The molecule has 0 radical (unpaired) electrons. The molecule has 3 N–H and O–H groups in total. The van der Waals surface area contributed by atoms with Gasteiger partial charge in [0.05, 0.1) is 0 Å². The number of hydrogen-bond donors (Lipinski definition) is 3. The summed E-state index contributed by atoms with van der Waals surface area (Å²) in [5, 5.41) is 9.51. The molecule has 2 amide bonds. The second-order valence-electron chi connectivity index (χ2n) is 8.00. The van der Waals surface area contributed by atoms with E-state index in [0.717, 1.165) is 31.9 Å². The van der Waals surface area contributed by atoms with Gasteiger partial charge in [-0.3, -0.25) is 14.6 Å². The summed E-state index contributed by atoms with van der Waals surface area (Å²) in [6, 6.07) is 19.5. The van der Waals surface area contributed by atoms with Crippen LogP contribution in [0.5, 0.6) is 0 Å². The normalized spacial score (nSPS) is 15.7. The summed E-state index contributed by atoms with van der Waals surface area (Å²) in [5.74, 6) is 1.16. The van der Waals surface area contributed by atoms with E-state index in [4.69, 9.17) is 0 Å². The number of hydrogen-bond acceptors (Lipinski definition) is 3. The van der Waals surface area contributed by atoms with Crippen molar-refractivity contribution in [2.24, 2.45) is 10.9 Å². The Morgan fingerprint density at radius 1 is 1.00 bits per heavy atom. The number of aliphatic imine (C=N–C) groups is 1. The SMILES string of the molecule is CN=C(NCCCNC(=O)c1ccccc1)NCC1CC(=O)N(CCc2ccccc2)C1.I. The Bertz CT molecular complexity index is 892. The average molecular weight is 563 g/mol. The molecule has 178 valence electrons. The zero-order valence-corrected chi connectivity index (χ0v) is 21.5. The van der Waals surface area contributed by atoms with E-state index in [9.17, 15) is 9.59 Å². The lowest BCUT2D eigenvalue weighted by Crippen LogP contribution is -2.41. The molecular formula is C25H34IN5O2. The van der Waals surface area contributed by atoms with E-state index in [0.29, 0.717) is 31.6 Å². The number of guanidine groups is 1. The molecule has 2 aromatic rings. The fraction of sp³-hybridized carbons (Fsp3) is 0.400. The molecule has 0 aromatic heterocycles. The van der Waals surface area contributed by atoms with Gasteiger partial charge in [-0.15, -0.1) is 24.0 Å². The first kappa shape index (κ1) is 26.6. The van der Waals surface area contributed by atoms with E-state index in [2.05, 4.69) is 33.1 Å². The van der Waals surface area contributed by atoms with Crippen LogP contribution in [-0.2, 0) is 11.2 Å². The number of halogens is 1.